The molecule has 3 heteroatoms. The van der Waals surface area contributed by atoms with Crippen LogP contribution in [0.15, 0.2) is 150 Å². The molecule has 8 aromatic rings. The molecule has 0 aliphatic rings. The second-order valence-electron chi connectivity index (χ2n) is 10.3. The molecule has 0 saturated carbocycles. The summed E-state index contributed by atoms with van der Waals surface area (Å²) in [6.45, 7) is 0. The Hall–Kier alpha value is -5.54. The Labute approximate surface area is 237 Å². The van der Waals surface area contributed by atoms with Crippen LogP contribution in [0.1, 0.15) is 0 Å². The summed E-state index contributed by atoms with van der Waals surface area (Å²) in [4.78, 5) is 9.29. The SMILES string of the molecule is c1ccc(-c2nc3c(-c4ccc(-c5cccnc5)cc4)cc(-c4cc5ccccc5c5ccccc45)cc3o2)cc1. The van der Waals surface area contributed by atoms with Crippen molar-refractivity contribution in [1.29, 1.82) is 0 Å². The fourth-order valence-electron chi connectivity index (χ4n) is 5.78. The summed E-state index contributed by atoms with van der Waals surface area (Å²) in [6.07, 6.45) is 3.69. The summed E-state index contributed by atoms with van der Waals surface area (Å²) in [7, 11) is 0. The number of benzene rings is 6. The Morgan fingerprint density at radius 1 is 0.463 bits per heavy atom. The van der Waals surface area contributed by atoms with E-state index in [1.54, 1.807) is 6.20 Å². The molecule has 0 N–H and O–H groups in total. The van der Waals surface area contributed by atoms with E-state index >= 15 is 0 Å². The minimum Gasteiger partial charge on any atom is -0.436 e. The lowest BCUT2D eigenvalue weighted by atomic mass is 9.91. The van der Waals surface area contributed by atoms with Crippen molar-refractivity contribution in [3.05, 3.63) is 146 Å². The van der Waals surface area contributed by atoms with Crippen LogP contribution >= 0.6 is 0 Å². The van der Waals surface area contributed by atoms with Gasteiger partial charge in [-0.25, -0.2) is 4.98 Å². The van der Waals surface area contributed by atoms with E-state index in [0.717, 1.165) is 44.5 Å². The number of hydrogen-bond acceptors (Lipinski definition) is 3. The van der Waals surface area contributed by atoms with Crippen molar-refractivity contribution in [3.63, 3.8) is 0 Å². The molecule has 2 aromatic heterocycles. The van der Waals surface area contributed by atoms with E-state index in [2.05, 4.69) is 102 Å². The van der Waals surface area contributed by atoms with E-state index in [1.165, 1.54) is 27.1 Å². The maximum atomic E-state index is 6.45. The molecule has 0 aliphatic heterocycles. The Balaban J connectivity index is 1.37. The molecule has 0 amide bonds. The zero-order valence-corrected chi connectivity index (χ0v) is 22.2. The van der Waals surface area contributed by atoms with Crippen molar-refractivity contribution in [2.75, 3.05) is 0 Å². The van der Waals surface area contributed by atoms with Crippen LogP contribution in [-0.2, 0) is 0 Å². The highest BCUT2D eigenvalue weighted by Gasteiger charge is 2.17. The first kappa shape index (κ1) is 23.4. The third-order valence-corrected chi connectivity index (χ3v) is 7.79. The molecule has 2 heterocycles. The van der Waals surface area contributed by atoms with Crippen LogP contribution in [0.5, 0.6) is 0 Å². The van der Waals surface area contributed by atoms with E-state index in [9.17, 15) is 0 Å². The van der Waals surface area contributed by atoms with Crippen LogP contribution in [0.2, 0.25) is 0 Å². The molecule has 192 valence electrons. The summed E-state index contributed by atoms with van der Waals surface area (Å²) >= 11 is 0. The zero-order chi connectivity index (χ0) is 27.2. The molecular formula is C38H24N2O. The molecule has 0 atom stereocenters. The van der Waals surface area contributed by atoms with Crippen LogP contribution in [0.25, 0.3) is 77.5 Å². The third-order valence-electron chi connectivity index (χ3n) is 7.79. The largest absolute Gasteiger partial charge is 0.436 e. The summed E-state index contributed by atoms with van der Waals surface area (Å²) in [5, 5.41) is 4.92. The summed E-state index contributed by atoms with van der Waals surface area (Å²) in [5.74, 6) is 0.620. The quantitative estimate of drug-likeness (QED) is 0.215. The zero-order valence-electron chi connectivity index (χ0n) is 22.2. The van der Waals surface area contributed by atoms with Crippen LogP contribution in [0.4, 0.5) is 0 Å². The average molecular weight is 525 g/mol. The molecule has 0 aliphatic carbocycles. The van der Waals surface area contributed by atoms with E-state index in [1.807, 2.05) is 42.6 Å². The summed E-state index contributed by atoms with van der Waals surface area (Å²) < 4.78 is 6.45. The van der Waals surface area contributed by atoms with Crippen molar-refractivity contribution in [1.82, 2.24) is 9.97 Å². The number of rotatable bonds is 4. The minimum absolute atomic E-state index is 0.620. The van der Waals surface area contributed by atoms with Gasteiger partial charge in [0.15, 0.2) is 5.58 Å². The fourth-order valence-corrected chi connectivity index (χ4v) is 5.78. The van der Waals surface area contributed by atoms with Gasteiger partial charge in [-0.05, 0) is 85.8 Å². The molecule has 0 fully saturated rings. The van der Waals surface area contributed by atoms with Gasteiger partial charge in [0.25, 0.3) is 0 Å². The van der Waals surface area contributed by atoms with Crippen LogP contribution in [-0.4, -0.2) is 9.97 Å². The lowest BCUT2D eigenvalue weighted by Crippen LogP contribution is -1.88. The number of pyridine rings is 1. The molecule has 0 unspecified atom stereocenters. The summed E-state index contributed by atoms with van der Waals surface area (Å²) in [6, 6.07) is 46.7. The van der Waals surface area contributed by atoms with E-state index in [4.69, 9.17) is 9.40 Å². The molecule has 0 bridgehead atoms. The molecule has 3 nitrogen and oxygen atoms in total. The van der Waals surface area contributed by atoms with Gasteiger partial charge < -0.3 is 4.42 Å². The van der Waals surface area contributed by atoms with Crippen molar-refractivity contribution in [2.24, 2.45) is 0 Å². The molecule has 0 saturated heterocycles. The van der Waals surface area contributed by atoms with Crippen molar-refractivity contribution in [3.8, 4) is 44.8 Å². The third kappa shape index (κ3) is 4.07. The van der Waals surface area contributed by atoms with Crippen LogP contribution < -0.4 is 0 Å². The highest BCUT2D eigenvalue weighted by Crippen LogP contribution is 2.40. The first-order valence-corrected chi connectivity index (χ1v) is 13.7. The van der Waals surface area contributed by atoms with Gasteiger partial charge in [-0.1, -0.05) is 97.1 Å². The normalized spacial score (nSPS) is 11.4. The van der Waals surface area contributed by atoms with Gasteiger partial charge in [0, 0.05) is 23.5 Å². The Morgan fingerprint density at radius 3 is 1.98 bits per heavy atom. The number of hydrogen-bond donors (Lipinski definition) is 0. The first-order chi connectivity index (χ1) is 20.3. The van der Waals surface area contributed by atoms with Gasteiger partial charge >= 0.3 is 0 Å². The van der Waals surface area contributed by atoms with E-state index < -0.39 is 0 Å². The first-order valence-electron chi connectivity index (χ1n) is 13.7. The highest BCUT2D eigenvalue weighted by atomic mass is 16.3. The lowest BCUT2D eigenvalue weighted by Gasteiger charge is -2.13. The number of fused-ring (bicyclic) bond motifs is 4. The van der Waals surface area contributed by atoms with Gasteiger partial charge in [-0.3, -0.25) is 4.98 Å². The maximum Gasteiger partial charge on any atom is 0.227 e. The fraction of sp³-hybridized carbons (Fsp3) is 0. The topological polar surface area (TPSA) is 38.9 Å². The monoisotopic (exact) mass is 524 g/mol. The van der Waals surface area contributed by atoms with Gasteiger partial charge in [0.05, 0.1) is 0 Å². The molecule has 41 heavy (non-hydrogen) atoms. The molecule has 6 aromatic carbocycles. The van der Waals surface area contributed by atoms with Crippen LogP contribution in [0.3, 0.4) is 0 Å². The summed E-state index contributed by atoms with van der Waals surface area (Å²) in [5.41, 5.74) is 9.19. The number of aromatic nitrogens is 2. The number of oxazole rings is 1. The van der Waals surface area contributed by atoms with Crippen LogP contribution in [0, 0.1) is 0 Å². The van der Waals surface area contributed by atoms with E-state index in [-0.39, 0.29) is 0 Å². The Kier molecular flexibility index (Phi) is 5.46. The Morgan fingerprint density at radius 2 is 1.17 bits per heavy atom. The van der Waals surface area contributed by atoms with Gasteiger partial charge in [-0.15, -0.1) is 0 Å². The lowest BCUT2D eigenvalue weighted by molar-refractivity contribution is 0.620. The smallest absolute Gasteiger partial charge is 0.227 e. The number of nitrogens with zero attached hydrogens (tertiary/aromatic N) is 2. The predicted molar refractivity (Wildman–Crippen MR) is 169 cm³/mol. The standard InChI is InChI=1S/C38H24N2O/c1-2-9-27(10-3-1)38-40-37-35(26-18-16-25(17-19-26)29-12-8-20-39-24-29)22-30(23-36(37)41-38)34-21-28-11-4-5-13-31(28)32-14-6-7-15-33(32)34/h1-24H. The maximum absolute atomic E-state index is 6.45. The van der Waals surface area contributed by atoms with Crippen molar-refractivity contribution >= 4 is 32.6 Å². The van der Waals surface area contributed by atoms with Gasteiger partial charge in [-0.2, -0.15) is 0 Å². The second-order valence-corrected chi connectivity index (χ2v) is 10.3. The molecular weight excluding hydrogens is 500 g/mol. The predicted octanol–water partition coefficient (Wildman–Crippen LogP) is 10.2. The Bertz CT molecular complexity index is 2180. The molecule has 0 spiro atoms. The molecule has 0 radical (unpaired) electrons. The van der Waals surface area contributed by atoms with Crippen molar-refractivity contribution in [2.45, 2.75) is 0 Å². The van der Waals surface area contributed by atoms with Gasteiger partial charge in [0.1, 0.15) is 5.52 Å². The van der Waals surface area contributed by atoms with Gasteiger partial charge in [0.2, 0.25) is 5.89 Å². The minimum atomic E-state index is 0.620. The highest BCUT2D eigenvalue weighted by molar-refractivity contribution is 6.14. The van der Waals surface area contributed by atoms with Crippen molar-refractivity contribution < 1.29 is 4.42 Å². The second kappa shape index (κ2) is 9.58. The molecule has 8 rings (SSSR count). The average Bonchev–Trinajstić information content (AvgIpc) is 3.49. The van der Waals surface area contributed by atoms with E-state index in [0.29, 0.717) is 5.89 Å².